The number of hydrogen-bond donors (Lipinski definition) is 4. The van der Waals surface area contributed by atoms with Crippen LogP contribution in [0.1, 0.15) is 46.8 Å². The Morgan fingerprint density at radius 2 is 1.67 bits per heavy atom. The number of aryl methyl sites for hydroxylation is 1. The zero-order valence-corrected chi connectivity index (χ0v) is 21.8. The molecular formula is C31H33F2N3O3. The van der Waals surface area contributed by atoms with Gasteiger partial charge in [-0.25, -0.2) is 8.78 Å². The van der Waals surface area contributed by atoms with E-state index in [4.69, 9.17) is 0 Å². The number of halogens is 2. The number of benzene rings is 3. The summed E-state index contributed by atoms with van der Waals surface area (Å²) in [7, 11) is 0. The van der Waals surface area contributed by atoms with Crippen molar-refractivity contribution in [2.75, 3.05) is 6.54 Å². The predicted molar refractivity (Wildman–Crippen MR) is 147 cm³/mol. The van der Waals surface area contributed by atoms with E-state index >= 15 is 0 Å². The van der Waals surface area contributed by atoms with E-state index in [9.17, 15) is 23.5 Å². The molecule has 0 aliphatic heterocycles. The first kappa shape index (κ1) is 28.1. The fourth-order valence-corrected chi connectivity index (χ4v) is 4.68. The molecule has 0 spiro atoms. The maximum absolute atomic E-state index is 13.8. The van der Waals surface area contributed by atoms with Crippen molar-refractivity contribution in [1.29, 1.82) is 0 Å². The number of ketones is 1. The number of carbonyl (C=O) groups is 2. The SMILES string of the molecule is CCc1cccc(CNC[C@@H](O)[C@H](Cc2cc(F)cc(F)c2)NC(=O)CCC(=O)c2c[nH]c3ccccc23)c1. The molecule has 4 rings (SSSR count). The minimum atomic E-state index is -1.04. The monoisotopic (exact) mass is 533 g/mol. The van der Waals surface area contributed by atoms with Crippen LogP contribution in [0.4, 0.5) is 8.78 Å². The third-order valence-electron chi connectivity index (χ3n) is 6.74. The maximum Gasteiger partial charge on any atom is 0.220 e. The smallest absolute Gasteiger partial charge is 0.220 e. The van der Waals surface area contributed by atoms with Crippen molar-refractivity contribution in [3.05, 3.63) is 107 Å². The summed E-state index contributed by atoms with van der Waals surface area (Å²) >= 11 is 0. The highest BCUT2D eigenvalue weighted by Crippen LogP contribution is 2.20. The van der Waals surface area contributed by atoms with Crippen LogP contribution < -0.4 is 10.6 Å². The minimum absolute atomic E-state index is 0.0168. The van der Waals surface area contributed by atoms with Gasteiger partial charge in [0.1, 0.15) is 11.6 Å². The summed E-state index contributed by atoms with van der Waals surface area (Å²) < 4.78 is 27.6. The number of aliphatic hydroxyl groups excluding tert-OH is 1. The van der Waals surface area contributed by atoms with Gasteiger partial charge in [0.05, 0.1) is 12.1 Å². The lowest BCUT2D eigenvalue weighted by atomic mass is 9.99. The summed E-state index contributed by atoms with van der Waals surface area (Å²) in [5, 5.41) is 17.7. The summed E-state index contributed by atoms with van der Waals surface area (Å²) in [6, 6.07) is 17.8. The number of aliphatic hydroxyl groups is 1. The van der Waals surface area contributed by atoms with Gasteiger partial charge in [0.2, 0.25) is 5.91 Å². The van der Waals surface area contributed by atoms with Crippen molar-refractivity contribution in [2.24, 2.45) is 0 Å². The Morgan fingerprint density at radius 3 is 2.44 bits per heavy atom. The van der Waals surface area contributed by atoms with Crippen LogP contribution in [0.25, 0.3) is 10.9 Å². The van der Waals surface area contributed by atoms with Crippen LogP contribution in [-0.4, -0.2) is 40.5 Å². The third kappa shape index (κ3) is 7.81. The van der Waals surface area contributed by atoms with Gasteiger partial charge in [0, 0.05) is 54.7 Å². The Morgan fingerprint density at radius 1 is 0.923 bits per heavy atom. The molecule has 2 atom stereocenters. The van der Waals surface area contributed by atoms with Gasteiger partial charge in [-0.15, -0.1) is 0 Å². The second kappa shape index (κ2) is 13.3. The van der Waals surface area contributed by atoms with E-state index in [1.807, 2.05) is 42.5 Å². The molecule has 8 heteroatoms. The number of Topliss-reactive ketones (excluding diaryl/α,β-unsaturated/α-hetero) is 1. The van der Waals surface area contributed by atoms with E-state index in [1.54, 1.807) is 6.20 Å². The van der Waals surface area contributed by atoms with Gasteiger partial charge in [0.15, 0.2) is 5.78 Å². The van der Waals surface area contributed by atoms with Gasteiger partial charge in [0.25, 0.3) is 0 Å². The summed E-state index contributed by atoms with van der Waals surface area (Å²) in [5.41, 5.74) is 3.93. The molecule has 4 aromatic rings. The number of H-pyrrole nitrogens is 1. The molecule has 1 amide bonds. The first-order valence-electron chi connectivity index (χ1n) is 13.1. The van der Waals surface area contributed by atoms with E-state index in [2.05, 4.69) is 28.6 Å². The van der Waals surface area contributed by atoms with Crippen LogP contribution in [0.5, 0.6) is 0 Å². The summed E-state index contributed by atoms with van der Waals surface area (Å²) in [6.45, 7) is 2.74. The molecule has 0 radical (unpaired) electrons. The second-order valence-corrected chi connectivity index (χ2v) is 9.70. The maximum atomic E-state index is 13.8. The molecule has 1 aromatic heterocycles. The van der Waals surface area contributed by atoms with Crippen LogP contribution in [0, 0.1) is 11.6 Å². The number of fused-ring (bicyclic) bond motifs is 1. The Hall–Kier alpha value is -3.88. The third-order valence-corrected chi connectivity index (χ3v) is 6.74. The molecule has 204 valence electrons. The molecular weight excluding hydrogens is 500 g/mol. The van der Waals surface area contributed by atoms with Crippen molar-refractivity contribution in [3.8, 4) is 0 Å². The van der Waals surface area contributed by atoms with Crippen molar-refractivity contribution < 1.29 is 23.5 Å². The predicted octanol–water partition coefficient (Wildman–Crippen LogP) is 4.85. The second-order valence-electron chi connectivity index (χ2n) is 9.70. The van der Waals surface area contributed by atoms with E-state index in [1.165, 1.54) is 17.7 Å². The molecule has 0 fully saturated rings. The van der Waals surface area contributed by atoms with Crippen LogP contribution in [0.3, 0.4) is 0 Å². The lowest BCUT2D eigenvalue weighted by Crippen LogP contribution is -2.48. The van der Waals surface area contributed by atoms with Crippen LogP contribution >= 0.6 is 0 Å². The Balaban J connectivity index is 1.38. The topological polar surface area (TPSA) is 94.2 Å². The van der Waals surface area contributed by atoms with Crippen LogP contribution in [0.2, 0.25) is 0 Å². The summed E-state index contributed by atoms with van der Waals surface area (Å²) in [4.78, 5) is 28.7. The Labute approximate surface area is 226 Å². The highest BCUT2D eigenvalue weighted by Gasteiger charge is 2.23. The van der Waals surface area contributed by atoms with Gasteiger partial charge >= 0.3 is 0 Å². The molecule has 0 aliphatic carbocycles. The molecule has 0 unspecified atom stereocenters. The van der Waals surface area contributed by atoms with Gasteiger partial charge < -0.3 is 20.7 Å². The number of amides is 1. The zero-order valence-electron chi connectivity index (χ0n) is 21.8. The first-order chi connectivity index (χ1) is 18.8. The molecule has 4 N–H and O–H groups in total. The summed E-state index contributed by atoms with van der Waals surface area (Å²) in [6.07, 6.45) is 1.42. The van der Waals surface area contributed by atoms with E-state index in [0.717, 1.165) is 29.0 Å². The molecule has 3 aromatic carbocycles. The number of aromatic amines is 1. The lowest BCUT2D eigenvalue weighted by Gasteiger charge is -2.25. The van der Waals surface area contributed by atoms with Crippen LogP contribution in [-0.2, 0) is 24.2 Å². The van der Waals surface area contributed by atoms with Crippen molar-refractivity contribution in [2.45, 2.75) is 51.3 Å². The van der Waals surface area contributed by atoms with Crippen LogP contribution in [0.15, 0.2) is 72.9 Å². The largest absolute Gasteiger partial charge is 0.390 e. The first-order valence-corrected chi connectivity index (χ1v) is 13.1. The average Bonchev–Trinajstić information content (AvgIpc) is 3.35. The Kier molecular flexibility index (Phi) is 9.57. The molecule has 0 aliphatic rings. The average molecular weight is 534 g/mol. The number of aromatic nitrogens is 1. The quantitative estimate of drug-likeness (QED) is 0.185. The van der Waals surface area contributed by atoms with Gasteiger partial charge in [-0.05, 0) is 47.7 Å². The number of rotatable bonds is 13. The Bertz CT molecular complexity index is 1420. The number of carbonyl (C=O) groups excluding carboxylic acids is 2. The number of hydrogen-bond acceptors (Lipinski definition) is 4. The standard InChI is InChI=1S/C31H33F2N3O3/c1-2-20-6-5-7-21(12-20)17-34-19-30(38)28(15-22-13-23(32)16-24(33)14-22)36-31(39)11-10-29(37)26-18-35-27-9-4-3-8-25(26)27/h3-9,12-14,16,18,28,30,34-35,38H,2,10-11,15,17,19H2,1H3,(H,36,39)/t28-,30+/m0/s1. The van der Waals surface area contributed by atoms with E-state index in [-0.39, 0.29) is 31.6 Å². The van der Waals surface area contributed by atoms with Gasteiger partial charge in [-0.2, -0.15) is 0 Å². The van der Waals surface area contributed by atoms with E-state index in [0.29, 0.717) is 17.7 Å². The molecule has 0 saturated carbocycles. The van der Waals surface area contributed by atoms with Gasteiger partial charge in [-0.1, -0.05) is 49.4 Å². The van der Waals surface area contributed by atoms with Crippen molar-refractivity contribution >= 4 is 22.6 Å². The molecule has 39 heavy (non-hydrogen) atoms. The minimum Gasteiger partial charge on any atom is -0.390 e. The normalized spacial score (nSPS) is 12.8. The number of para-hydroxylation sites is 1. The highest BCUT2D eigenvalue weighted by molar-refractivity contribution is 6.08. The number of nitrogens with one attached hydrogen (secondary N) is 3. The fourth-order valence-electron chi connectivity index (χ4n) is 4.68. The van der Waals surface area contributed by atoms with Crippen molar-refractivity contribution in [3.63, 3.8) is 0 Å². The van der Waals surface area contributed by atoms with Gasteiger partial charge in [-0.3, -0.25) is 9.59 Å². The summed E-state index contributed by atoms with van der Waals surface area (Å²) in [5.74, 6) is -2.08. The van der Waals surface area contributed by atoms with Crippen molar-refractivity contribution in [1.82, 2.24) is 15.6 Å². The zero-order chi connectivity index (χ0) is 27.8. The fraction of sp³-hybridized carbons (Fsp3) is 0.290. The highest BCUT2D eigenvalue weighted by atomic mass is 19.1. The molecule has 0 saturated heterocycles. The molecule has 1 heterocycles. The molecule has 6 nitrogen and oxygen atoms in total. The van der Waals surface area contributed by atoms with E-state index < -0.39 is 29.7 Å². The molecule has 0 bridgehead atoms. The lowest BCUT2D eigenvalue weighted by molar-refractivity contribution is -0.122.